The van der Waals surface area contributed by atoms with Crippen LogP contribution in [0.5, 0.6) is 0 Å². The summed E-state index contributed by atoms with van der Waals surface area (Å²) in [5.41, 5.74) is 6.83. The molecule has 106 valence electrons. The van der Waals surface area contributed by atoms with Crippen LogP contribution in [0.3, 0.4) is 0 Å². The van der Waals surface area contributed by atoms with Crippen LogP contribution in [-0.4, -0.2) is 25.7 Å². The highest BCUT2D eigenvalue weighted by Crippen LogP contribution is 2.15. The van der Waals surface area contributed by atoms with Crippen LogP contribution in [0, 0.1) is 0 Å². The zero-order valence-corrected chi connectivity index (χ0v) is 11.8. The lowest BCUT2D eigenvalue weighted by molar-refractivity contribution is 0.102. The first-order valence-electron chi connectivity index (χ1n) is 6.47. The summed E-state index contributed by atoms with van der Waals surface area (Å²) in [5, 5.41) is 6.81. The number of nitrogen functional groups attached to an aromatic ring is 1. The van der Waals surface area contributed by atoms with E-state index in [2.05, 4.69) is 20.4 Å². The Bertz CT molecular complexity index is 619. The molecule has 7 nitrogen and oxygen atoms in total. The number of carbonyl (C=O) groups excluding carboxylic acids is 1. The molecule has 0 aliphatic heterocycles. The lowest BCUT2D eigenvalue weighted by atomic mass is 10.2. The van der Waals surface area contributed by atoms with Crippen LogP contribution in [-0.2, 0) is 6.54 Å². The minimum Gasteiger partial charge on any atom is -0.396 e. The number of hydrogen-bond donors (Lipinski definition) is 2. The van der Waals surface area contributed by atoms with Gasteiger partial charge in [0.05, 0.1) is 23.8 Å². The average Bonchev–Trinajstić information content (AvgIpc) is 2.86. The summed E-state index contributed by atoms with van der Waals surface area (Å²) in [7, 11) is 0. The standard InChI is InChI=1S/C13H18N6O/c1-4-19-7-9(5-16-19)17-13(20)11-10(14)6-15-12(18-11)8(2)3/h5-8H,4,14H2,1-3H3,(H,17,20). The Hall–Kier alpha value is -2.44. The fourth-order valence-corrected chi connectivity index (χ4v) is 1.66. The van der Waals surface area contributed by atoms with Gasteiger partial charge in [-0.25, -0.2) is 9.97 Å². The maximum Gasteiger partial charge on any atom is 0.276 e. The number of nitrogens with zero attached hydrogens (tertiary/aromatic N) is 4. The molecule has 2 heterocycles. The van der Waals surface area contributed by atoms with Gasteiger partial charge in [0.15, 0.2) is 5.69 Å². The highest BCUT2D eigenvalue weighted by molar-refractivity contribution is 6.05. The molecule has 0 atom stereocenters. The van der Waals surface area contributed by atoms with Gasteiger partial charge in [0.2, 0.25) is 0 Å². The van der Waals surface area contributed by atoms with E-state index in [0.29, 0.717) is 11.5 Å². The van der Waals surface area contributed by atoms with Gasteiger partial charge in [-0.05, 0) is 6.92 Å². The van der Waals surface area contributed by atoms with Crippen molar-refractivity contribution in [3.63, 3.8) is 0 Å². The van der Waals surface area contributed by atoms with Gasteiger partial charge in [0.1, 0.15) is 5.82 Å². The quantitative estimate of drug-likeness (QED) is 0.883. The van der Waals surface area contributed by atoms with Gasteiger partial charge in [0.25, 0.3) is 5.91 Å². The molecule has 0 aliphatic rings. The minimum absolute atomic E-state index is 0.130. The van der Waals surface area contributed by atoms with E-state index in [9.17, 15) is 4.79 Å². The Kier molecular flexibility index (Phi) is 3.97. The van der Waals surface area contributed by atoms with Crippen molar-refractivity contribution >= 4 is 17.3 Å². The predicted octanol–water partition coefficient (Wildman–Crippen LogP) is 1.65. The van der Waals surface area contributed by atoms with Gasteiger partial charge in [0, 0.05) is 18.7 Å². The second-order valence-corrected chi connectivity index (χ2v) is 4.73. The molecule has 0 radical (unpaired) electrons. The van der Waals surface area contributed by atoms with Gasteiger partial charge in [-0.3, -0.25) is 9.48 Å². The van der Waals surface area contributed by atoms with Crippen molar-refractivity contribution in [2.75, 3.05) is 11.1 Å². The van der Waals surface area contributed by atoms with E-state index in [-0.39, 0.29) is 23.2 Å². The van der Waals surface area contributed by atoms with Crippen molar-refractivity contribution in [3.05, 3.63) is 30.1 Å². The Balaban J connectivity index is 2.22. The van der Waals surface area contributed by atoms with Crippen molar-refractivity contribution in [1.29, 1.82) is 0 Å². The molecule has 0 fully saturated rings. The second kappa shape index (κ2) is 5.68. The predicted molar refractivity (Wildman–Crippen MR) is 76.4 cm³/mol. The topological polar surface area (TPSA) is 98.7 Å². The number of carbonyl (C=O) groups is 1. The van der Waals surface area contributed by atoms with Crippen LogP contribution in [0.2, 0.25) is 0 Å². The molecule has 2 aromatic heterocycles. The van der Waals surface area contributed by atoms with Gasteiger partial charge in [-0.1, -0.05) is 13.8 Å². The Morgan fingerprint density at radius 2 is 2.20 bits per heavy atom. The van der Waals surface area contributed by atoms with Gasteiger partial charge < -0.3 is 11.1 Å². The van der Waals surface area contributed by atoms with E-state index < -0.39 is 0 Å². The third-order valence-electron chi connectivity index (χ3n) is 2.78. The molecule has 0 bridgehead atoms. The van der Waals surface area contributed by atoms with Gasteiger partial charge >= 0.3 is 0 Å². The molecule has 0 unspecified atom stereocenters. The van der Waals surface area contributed by atoms with Crippen molar-refractivity contribution in [3.8, 4) is 0 Å². The number of rotatable bonds is 4. The summed E-state index contributed by atoms with van der Waals surface area (Å²) in [5.74, 6) is 0.362. The first-order chi connectivity index (χ1) is 9.51. The summed E-state index contributed by atoms with van der Waals surface area (Å²) in [6.07, 6.45) is 4.80. The maximum absolute atomic E-state index is 12.2. The summed E-state index contributed by atoms with van der Waals surface area (Å²) in [6.45, 7) is 6.62. The van der Waals surface area contributed by atoms with E-state index in [1.165, 1.54) is 6.20 Å². The molecule has 0 saturated carbocycles. The second-order valence-electron chi connectivity index (χ2n) is 4.73. The molecule has 0 spiro atoms. The number of nitrogens with two attached hydrogens (primary N) is 1. The molecule has 0 saturated heterocycles. The van der Waals surface area contributed by atoms with Crippen molar-refractivity contribution in [2.45, 2.75) is 33.2 Å². The van der Waals surface area contributed by atoms with Gasteiger partial charge in [-0.2, -0.15) is 5.10 Å². The van der Waals surface area contributed by atoms with Crippen molar-refractivity contribution in [2.24, 2.45) is 0 Å². The normalized spacial score (nSPS) is 10.8. The number of anilines is 2. The molecule has 1 amide bonds. The van der Waals surface area contributed by atoms with Crippen LogP contribution in [0.1, 0.15) is 43.0 Å². The lowest BCUT2D eigenvalue weighted by Crippen LogP contribution is -2.17. The fourth-order valence-electron chi connectivity index (χ4n) is 1.66. The molecule has 2 rings (SSSR count). The molecule has 7 heteroatoms. The lowest BCUT2D eigenvalue weighted by Gasteiger charge is -2.08. The summed E-state index contributed by atoms with van der Waals surface area (Å²) < 4.78 is 1.72. The first kappa shape index (κ1) is 14.0. The molecule has 3 N–H and O–H groups in total. The summed E-state index contributed by atoms with van der Waals surface area (Å²) >= 11 is 0. The van der Waals surface area contributed by atoms with Crippen molar-refractivity contribution in [1.82, 2.24) is 19.7 Å². The van der Waals surface area contributed by atoms with Crippen molar-refractivity contribution < 1.29 is 4.79 Å². The number of nitrogens with one attached hydrogen (secondary N) is 1. The number of amides is 1. The summed E-state index contributed by atoms with van der Waals surface area (Å²) in [4.78, 5) is 20.5. The largest absolute Gasteiger partial charge is 0.396 e. The minimum atomic E-state index is -0.359. The summed E-state index contributed by atoms with van der Waals surface area (Å²) in [6, 6.07) is 0. The molecular formula is C13H18N6O. The third kappa shape index (κ3) is 2.93. The zero-order valence-electron chi connectivity index (χ0n) is 11.8. The van der Waals surface area contributed by atoms with Crippen LogP contribution in [0.4, 0.5) is 11.4 Å². The maximum atomic E-state index is 12.2. The smallest absolute Gasteiger partial charge is 0.276 e. The third-order valence-corrected chi connectivity index (χ3v) is 2.78. The highest BCUT2D eigenvalue weighted by atomic mass is 16.1. The van der Waals surface area contributed by atoms with E-state index in [0.717, 1.165) is 6.54 Å². The zero-order chi connectivity index (χ0) is 14.7. The van der Waals surface area contributed by atoms with E-state index >= 15 is 0 Å². The van der Waals surface area contributed by atoms with E-state index in [1.807, 2.05) is 20.8 Å². The Labute approximate surface area is 117 Å². The Morgan fingerprint density at radius 1 is 1.45 bits per heavy atom. The molecule has 0 aliphatic carbocycles. The van der Waals surface area contributed by atoms with Crippen LogP contribution in [0.15, 0.2) is 18.6 Å². The monoisotopic (exact) mass is 274 g/mol. The van der Waals surface area contributed by atoms with E-state index in [1.54, 1.807) is 17.1 Å². The van der Waals surface area contributed by atoms with Crippen LogP contribution in [0.25, 0.3) is 0 Å². The number of aromatic nitrogens is 4. The van der Waals surface area contributed by atoms with Gasteiger partial charge in [-0.15, -0.1) is 0 Å². The average molecular weight is 274 g/mol. The fraction of sp³-hybridized carbons (Fsp3) is 0.385. The molecular weight excluding hydrogens is 256 g/mol. The number of aryl methyl sites for hydroxylation is 1. The number of hydrogen-bond acceptors (Lipinski definition) is 5. The molecule has 2 aromatic rings. The SMILES string of the molecule is CCn1cc(NC(=O)c2nc(C(C)C)ncc2N)cn1. The molecule has 0 aromatic carbocycles. The van der Waals surface area contributed by atoms with E-state index in [4.69, 9.17) is 5.73 Å². The first-order valence-corrected chi connectivity index (χ1v) is 6.47. The highest BCUT2D eigenvalue weighted by Gasteiger charge is 2.15. The molecule has 20 heavy (non-hydrogen) atoms. The van der Waals surface area contributed by atoms with Crippen LogP contribution < -0.4 is 11.1 Å². The van der Waals surface area contributed by atoms with Crippen LogP contribution >= 0.6 is 0 Å². The Morgan fingerprint density at radius 3 is 2.80 bits per heavy atom.